The highest BCUT2D eigenvalue weighted by molar-refractivity contribution is 5.92. The Hall–Kier alpha value is -2.37. The third-order valence-electron chi connectivity index (χ3n) is 3.95. The largest absolute Gasteiger partial charge is 0.466 e. The van der Waals surface area contributed by atoms with Crippen LogP contribution < -0.4 is 10.9 Å². The summed E-state index contributed by atoms with van der Waals surface area (Å²) in [4.78, 5) is 23.3. The lowest BCUT2D eigenvalue weighted by molar-refractivity contribution is 0.0911. The number of hydrogen-bond acceptors (Lipinski definition) is 4. The summed E-state index contributed by atoms with van der Waals surface area (Å²) in [6.07, 6.45) is 1.69. The normalized spacial score (nSPS) is 19.5. The van der Waals surface area contributed by atoms with Gasteiger partial charge < -0.3 is 9.73 Å². The van der Waals surface area contributed by atoms with E-state index in [1.807, 2.05) is 13.0 Å². The van der Waals surface area contributed by atoms with E-state index >= 15 is 0 Å². The van der Waals surface area contributed by atoms with Crippen LogP contribution in [0.15, 0.2) is 27.4 Å². The number of hydrogen-bond donors (Lipinski definition) is 2. The van der Waals surface area contributed by atoms with E-state index < -0.39 is 0 Å². The zero-order chi connectivity index (χ0) is 15.9. The van der Waals surface area contributed by atoms with Crippen molar-refractivity contribution in [3.63, 3.8) is 0 Å². The average molecular weight is 301 g/mol. The lowest BCUT2D eigenvalue weighted by Gasteiger charge is -2.34. The van der Waals surface area contributed by atoms with Crippen LogP contribution in [0.3, 0.4) is 0 Å². The van der Waals surface area contributed by atoms with Gasteiger partial charge in [-0.1, -0.05) is 13.8 Å². The van der Waals surface area contributed by atoms with Gasteiger partial charge in [0.05, 0.1) is 6.04 Å². The Labute approximate surface area is 127 Å². The molecule has 0 saturated heterocycles. The van der Waals surface area contributed by atoms with Crippen molar-refractivity contribution in [1.82, 2.24) is 15.5 Å². The van der Waals surface area contributed by atoms with E-state index in [1.165, 1.54) is 12.1 Å². The van der Waals surface area contributed by atoms with Crippen molar-refractivity contribution in [3.05, 3.63) is 51.3 Å². The molecule has 3 rings (SSSR count). The van der Waals surface area contributed by atoms with Gasteiger partial charge in [0, 0.05) is 18.1 Å². The molecule has 6 heteroatoms. The van der Waals surface area contributed by atoms with Crippen LogP contribution in [0.1, 0.15) is 53.9 Å². The number of fused-ring (bicyclic) bond motifs is 1. The average Bonchev–Trinajstić information content (AvgIpc) is 2.78. The van der Waals surface area contributed by atoms with Gasteiger partial charge in [-0.2, -0.15) is 5.10 Å². The van der Waals surface area contributed by atoms with Crippen LogP contribution in [0, 0.1) is 12.3 Å². The predicted molar refractivity (Wildman–Crippen MR) is 80.6 cm³/mol. The lowest BCUT2D eigenvalue weighted by atomic mass is 9.74. The first-order valence-electron chi connectivity index (χ1n) is 7.30. The summed E-state index contributed by atoms with van der Waals surface area (Å²) in [7, 11) is 0. The molecule has 0 fully saturated rings. The molecule has 0 aromatic carbocycles. The van der Waals surface area contributed by atoms with Crippen LogP contribution >= 0.6 is 0 Å². The Bertz CT molecular complexity index is 753. The summed E-state index contributed by atoms with van der Waals surface area (Å²) in [5.41, 5.74) is 0.954. The van der Waals surface area contributed by atoms with Gasteiger partial charge in [0.15, 0.2) is 0 Å². The Morgan fingerprint density at radius 2 is 2.23 bits per heavy atom. The molecule has 0 spiro atoms. The van der Waals surface area contributed by atoms with Crippen molar-refractivity contribution in [2.75, 3.05) is 0 Å². The first kappa shape index (κ1) is 14.6. The number of carbonyl (C=O) groups excluding carboxylic acids is 1. The van der Waals surface area contributed by atoms with E-state index in [9.17, 15) is 9.59 Å². The molecule has 1 amide bonds. The topological polar surface area (TPSA) is 88.0 Å². The van der Waals surface area contributed by atoms with Gasteiger partial charge in [-0.15, -0.1) is 0 Å². The van der Waals surface area contributed by atoms with Crippen molar-refractivity contribution in [1.29, 1.82) is 0 Å². The zero-order valence-electron chi connectivity index (χ0n) is 12.9. The smallest absolute Gasteiger partial charge is 0.272 e. The van der Waals surface area contributed by atoms with Crippen LogP contribution in [0.5, 0.6) is 0 Å². The molecule has 0 saturated carbocycles. The standard InChI is InChI=1S/C16H19N3O3/c1-9-6-10-12(7-16(2,3)8-13(10)22-9)17-15(21)11-4-5-14(20)19-18-11/h4-6,12H,7-8H2,1-3H3,(H,17,21)(H,19,20)/t12-/m1/s1. The first-order valence-corrected chi connectivity index (χ1v) is 7.30. The molecule has 1 aliphatic carbocycles. The van der Waals surface area contributed by atoms with Crippen LogP contribution in [-0.4, -0.2) is 16.1 Å². The third kappa shape index (κ3) is 2.81. The number of nitrogens with one attached hydrogen (secondary N) is 2. The fourth-order valence-electron chi connectivity index (χ4n) is 3.02. The molecule has 6 nitrogen and oxygen atoms in total. The summed E-state index contributed by atoms with van der Waals surface area (Å²) in [6.45, 7) is 6.23. The second-order valence-electron chi connectivity index (χ2n) is 6.61. The van der Waals surface area contributed by atoms with Gasteiger partial charge in [0.25, 0.3) is 11.5 Å². The van der Waals surface area contributed by atoms with Crippen LogP contribution in [0.4, 0.5) is 0 Å². The molecule has 0 radical (unpaired) electrons. The Morgan fingerprint density at radius 3 is 2.91 bits per heavy atom. The number of aryl methyl sites for hydroxylation is 1. The Kier molecular flexibility index (Phi) is 3.39. The van der Waals surface area contributed by atoms with Gasteiger partial charge in [-0.25, -0.2) is 5.10 Å². The van der Waals surface area contributed by atoms with Crippen molar-refractivity contribution < 1.29 is 9.21 Å². The number of aromatic amines is 1. The first-order chi connectivity index (χ1) is 10.3. The maximum Gasteiger partial charge on any atom is 0.272 e. The van der Waals surface area contributed by atoms with E-state index in [0.29, 0.717) is 0 Å². The summed E-state index contributed by atoms with van der Waals surface area (Å²) in [6, 6.07) is 4.58. The van der Waals surface area contributed by atoms with Gasteiger partial charge in [0.2, 0.25) is 0 Å². The van der Waals surface area contributed by atoms with Crippen LogP contribution in [-0.2, 0) is 6.42 Å². The molecule has 2 aromatic heterocycles. The molecule has 116 valence electrons. The van der Waals surface area contributed by atoms with Crippen molar-refractivity contribution in [3.8, 4) is 0 Å². The Balaban J connectivity index is 1.86. The Morgan fingerprint density at radius 1 is 1.45 bits per heavy atom. The van der Waals surface area contributed by atoms with Crippen LogP contribution in [0.25, 0.3) is 0 Å². The number of nitrogens with zero attached hydrogens (tertiary/aromatic N) is 1. The SMILES string of the molecule is Cc1cc2c(o1)CC(C)(C)C[C@H]2NC(=O)c1ccc(=O)[nH]n1. The minimum atomic E-state index is -0.330. The number of amides is 1. The second-order valence-corrected chi connectivity index (χ2v) is 6.61. The number of furan rings is 1. The highest BCUT2D eigenvalue weighted by atomic mass is 16.3. The molecule has 0 unspecified atom stereocenters. The van der Waals surface area contributed by atoms with Gasteiger partial charge in [-0.05, 0) is 30.9 Å². The number of carbonyl (C=O) groups is 1. The number of rotatable bonds is 2. The summed E-state index contributed by atoms with van der Waals surface area (Å²) >= 11 is 0. The van der Waals surface area contributed by atoms with Crippen molar-refractivity contribution >= 4 is 5.91 Å². The van der Waals surface area contributed by atoms with Crippen molar-refractivity contribution in [2.24, 2.45) is 5.41 Å². The lowest BCUT2D eigenvalue weighted by Crippen LogP contribution is -2.36. The third-order valence-corrected chi connectivity index (χ3v) is 3.95. The number of H-pyrrole nitrogens is 1. The molecule has 0 aliphatic heterocycles. The molecule has 2 heterocycles. The predicted octanol–water partition coefficient (Wildman–Crippen LogP) is 2.11. The van der Waals surface area contributed by atoms with Crippen LogP contribution in [0.2, 0.25) is 0 Å². The monoisotopic (exact) mass is 301 g/mol. The van der Waals surface area contributed by atoms with E-state index in [2.05, 4.69) is 29.4 Å². The summed E-state index contributed by atoms with van der Waals surface area (Å²) in [5.74, 6) is 1.49. The van der Waals surface area contributed by atoms with Gasteiger partial charge in [0.1, 0.15) is 17.2 Å². The highest BCUT2D eigenvalue weighted by Gasteiger charge is 2.35. The molecule has 2 aromatic rings. The molecule has 0 bridgehead atoms. The van der Waals surface area contributed by atoms with Crippen molar-refractivity contribution in [2.45, 2.75) is 39.7 Å². The van der Waals surface area contributed by atoms with E-state index in [1.54, 1.807) is 0 Å². The minimum Gasteiger partial charge on any atom is -0.466 e. The maximum absolute atomic E-state index is 12.3. The fourth-order valence-corrected chi connectivity index (χ4v) is 3.02. The van der Waals surface area contributed by atoms with E-state index in [-0.39, 0.29) is 28.6 Å². The highest BCUT2D eigenvalue weighted by Crippen LogP contribution is 2.42. The molecular weight excluding hydrogens is 282 g/mol. The molecular formula is C16H19N3O3. The second kappa shape index (κ2) is 5.12. The van der Waals surface area contributed by atoms with E-state index in [4.69, 9.17) is 4.42 Å². The summed E-state index contributed by atoms with van der Waals surface area (Å²) in [5, 5.41) is 9.04. The molecule has 1 aliphatic rings. The van der Waals surface area contributed by atoms with Gasteiger partial charge >= 0.3 is 0 Å². The molecule has 2 N–H and O–H groups in total. The number of aromatic nitrogens is 2. The molecule has 1 atom stereocenters. The maximum atomic E-state index is 12.3. The zero-order valence-corrected chi connectivity index (χ0v) is 12.9. The molecule has 22 heavy (non-hydrogen) atoms. The van der Waals surface area contributed by atoms with Gasteiger partial charge in [-0.3, -0.25) is 9.59 Å². The quantitative estimate of drug-likeness (QED) is 0.889. The van der Waals surface area contributed by atoms with E-state index in [0.717, 1.165) is 29.9 Å². The summed E-state index contributed by atoms with van der Waals surface area (Å²) < 4.78 is 5.76. The minimum absolute atomic E-state index is 0.0493. The fraction of sp³-hybridized carbons (Fsp3) is 0.438.